The SMILES string of the molecule is Clc1ccc2c(c1)C1(c3ccccc3-c3ccccc31)c1cccc(-n3c4ccccc4c4cc(-c5ccc6c(c5)c5ccccc5n6-c5ccccc5)ccc43)c1-2. The van der Waals surface area contributed by atoms with Crippen molar-refractivity contribution >= 4 is 55.2 Å². The van der Waals surface area contributed by atoms with Crippen LogP contribution in [-0.2, 0) is 5.41 Å². The second-order valence-corrected chi connectivity index (χ2v) is 16.2. The molecule has 1 spiro atoms. The molecule has 0 unspecified atom stereocenters. The van der Waals surface area contributed by atoms with Gasteiger partial charge in [-0.05, 0) is 117 Å². The topological polar surface area (TPSA) is 9.86 Å². The number of rotatable bonds is 3. The first-order chi connectivity index (χ1) is 28.7. The number of aromatic nitrogens is 2. The first kappa shape index (κ1) is 32.0. The van der Waals surface area contributed by atoms with Crippen molar-refractivity contribution in [2.24, 2.45) is 0 Å². The van der Waals surface area contributed by atoms with Gasteiger partial charge in [0.25, 0.3) is 0 Å². The van der Waals surface area contributed by atoms with Crippen LogP contribution in [0.1, 0.15) is 22.3 Å². The van der Waals surface area contributed by atoms with Crippen molar-refractivity contribution in [3.8, 4) is 44.8 Å². The highest BCUT2D eigenvalue weighted by molar-refractivity contribution is 6.31. The molecule has 3 heteroatoms. The van der Waals surface area contributed by atoms with E-state index in [-0.39, 0.29) is 0 Å². The maximum atomic E-state index is 6.93. The Hall–Kier alpha value is -7.13. The molecule has 0 atom stereocenters. The molecule has 9 aromatic carbocycles. The third kappa shape index (κ3) is 4.07. The molecule has 13 rings (SSSR count). The largest absolute Gasteiger partial charge is 0.309 e. The molecule has 2 nitrogen and oxygen atoms in total. The standard InChI is InChI=1S/C55H33ClN2/c56-36-27-28-42-48(33-36)55(45-19-8-4-15-38(45)39-16-5-9-20-46(39)55)47-21-12-24-53(54(42)47)58-50-23-11-7-18-41(50)44-32-35(26-30-52(44)58)34-25-29-51-43(31-34)40-17-6-10-22-49(40)57(51)37-13-2-1-3-14-37/h1-33H. The number of nitrogens with zero attached hydrogens (tertiary/aromatic N) is 2. The van der Waals surface area contributed by atoms with Crippen LogP contribution in [0, 0.1) is 0 Å². The van der Waals surface area contributed by atoms with E-state index in [0.717, 1.165) is 5.02 Å². The number of hydrogen-bond donors (Lipinski definition) is 0. The molecule has 0 saturated carbocycles. The highest BCUT2D eigenvalue weighted by Gasteiger charge is 2.52. The van der Waals surface area contributed by atoms with Crippen molar-refractivity contribution < 1.29 is 0 Å². The van der Waals surface area contributed by atoms with Crippen LogP contribution in [0.2, 0.25) is 5.02 Å². The molecule has 0 amide bonds. The molecule has 11 aromatic rings. The van der Waals surface area contributed by atoms with E-state index in [0.29, 0.717) is 0 Å². The van der Waals surface area contributed by atoms with E-state index in [2.05, 4.69) is 209 Å². The van der Waals surface area contributed by atoms with Crippen LogP contribution in [-0.4, -0.2) is 9.13 Å². The zero-order chi connectivity index (χ0) is 38.1. The van der Waals surface area contributed by atoms with Crippen molar-refractivity contribution in [2.75, 3.05) is 0 Å². The second-order valence-electron chi connectivity index (χ2n) is 15.7. The van der Waals surface area contributed by atoms with E-state index < -0.39 is 5.41 Å². The van der Waals surface area contributed by atoms with Gasteiger partial charge in [-0.15, -0.1) is 0 Å². The average Bonchev–Trinajstić information content (AvgIpc) is 3.98. The zero-order valence-electron chi connectivity index (χ0n) is 31.3. The van der Waals surface area contributed by atoms with Gasteiger partial charge in [-0.2, -0.15) is 0 Å². The van der Waals surface area contributed by atoms with Crippen LogP contribution in [0.5, 0.6) is 0 Å². The van der Waals surface area contributed by atoms with Gasteiger partial charge in [-0.3, -0.25) is 0 Å². The Balaban J connectivity index is 1.05. The third-order valence-corrected chi connectivity index (χ3v) is 13.2. The highest BCUT2D eigenvalue weighted by Crippen LogP contribution is 2.64. The maximum Gasteiger partial charge on any atom is 0.0726 e. The Morgan fingerprint density at radius 3 is 1.55 bits per heavy atom. The van der Waals surface area contributed by atoms with E-state index >= 15 is 0 Å². The van der Waals surface area contributed by atoms with Gasteiger partial charge in [-0.1, -0.05) is 145 Å². The molecular formula is C55H33ClN2. The minimum Gasteiger partial charge on any atom is -0.309 e. The normalized spacial score (nSPS) is 13.4. The Bertz CT molecular complexity index is 3490. The molecule has 0 radical (unpaired) electrons. The number of hydrogen-bond acceptors (Lipinski definition) is 0. The summed E-state index contributed by atoms with van der Waals surface area (Å²) in [4.78, 5) is 0. The summed E-state index contributed by atoms with van der Waals surface area (Å²) in [5, 5.41) is 5.73. The number of para-hydroxylation sites is 3. The minimum absolute atomic E-state index is 0.479. The molecule has 2 aliphatic rings. The van der Waals surface area contributed by atoms with E-state index in [1.54, 1.807) is 0 Å². The predicted octanol–water partition coefficient (Wildman–Crippen LogP) is 14.5. The summed E-state index contributed by atoms with van der Waals surface area (Å²) in [6.07, 6.45) is 0. The Kier molecular flexibility index (Phi) is 6.46. The lowest BCUT2D eigenvalue weighted by Crippen LogP contribution is -2.25. The van der Waals surface area contributed by atoms with Crippen LogP contribution in [0.4, 0.5) is 0 Å². The van der Waals surface area contributed by atoms with Gasteiger partial charge in [-0.25, -0.2) is 0 Å². The van der Waals surface area contributed by atoms with Gasteiger partial charge in [0.1, 0.15) is 0 Å². The predicted molar refractivity (Wildman–Crippen MR) is 242 cm³/mol. The summed E-state index contributed by atoms with van der Waals surface area (Å²) in [6.45, 7) is 0. The third-order valence-electron chi connectivity index (χ3n) is 13.0. The number of fused-ring (bicyclic) bond motifs is 16. The van der Waals surface area contributed by atoms with Crippen molar-refractivity contribution in [1.82, 2.24) is 9.13 Å². The van der Waals surface area contributed by atoms with Crippen LogP contribution >= 0.6 is 11.6 Å². The first-order valence-corrected chi connectivity index (χ1v) is 20.3. The summed E-state index contributed by atoms with van der Waals surface area (Å²) < 4.78 is 4.87. The van der Waals surface area contributed by atoms with Crippen LogP contribution in [0.25, 0.3) is 88.4 Å². The summed E-state index contributed by atoms with van der Waals surface area (Å²) in [5.41, 5.74) is 19.3. The molecule has 2 heterocycles. The molecule has 0 aliphatic heterocycles. The maximum absolute atomic E-state index is 6.93. The number of halogens is 1. The highest BCUT2D eigenvalue weighted by atomic mass is 35.5. The summed E-state index contributed by atoms with van der Waals surface area (Å²) in [5.74, 6) is 0. The van der Waals surface area contributed by atoms with Crippen molar-refractivity contribution in [3.63, 3.8) is 0 Å². The van der Waals surface area contributed by atoms with Crippen LogP contribution < -0.4 is 0 Å². The Morgan fingerprint density at radius 2 is 0.879 bits per heavy atom. The van der Waals surface area contributed by atoms with Gasteiger partial charge in [0, 0.05) is 37.8 Å². The Labute approximate surface area is 340 Å². The molecule has 58 heavy (non-hydrogen) atoms. The fraction of sp³-hybridized carbons (Fsp3) is 0.0182. The fourth-order valence-electron chi connectivity index (χ4n) is 10.7. The molecule has 0 fully saturated rings. The second kappa shape index (κ2) is 11.7. The number of benzene rings is 9. The zero-order valence-corrected chi connectivity index (χ0v) is 32.1. The van der Waals surface area contributed by atoms with Crippen molar-refractivity contribution in [2.45, 2.75) is 5.41 Å². The van der Waals surface area contributed by atoms with E-state index in [1.165, 1.54) is 111 Å². The van der Waals surface area contributed by atoms with Crippen LogP contribution in [0.3, 0.4) is 0 Å². The Morgan fingerprint density at radius 1 is 0.345 bits per heavy atom. The van der Waals surface area contributed by atoms with E-state index in [9.17, 15) is 0 Å². The summed E-state index contributed by atoms with van der Waals surface area (Å²) in [6, 6.07) is 73.6. The lowest BCUT2D eigenvalue weighted by atomic mass is 9.70. The minimum atomic E-state index is -0.479. The van der Waals surface area contributed by atoms with Gasteiger partial charge >= 0.3 is 0 Å². The molecule has 2 aliphatic carbocycles. The first-order valence-electron chi connectivity index (χ1n) is 20.0. The molecule has 2 aromatic heterocycles. The van der Waals surface area contributed by atoms with E-state index in [4.69, 9.17) is 11.6 Å². The van der Waals surface area contributed by atoms with Gasteiger partial charge in [0.15, 0.2) is 0 Å². The monoisotopic (exact) mass is 756 g/mol. The average molecular weight is 757 g/mol. The lowest BCUT2D eigenvalue weighted by molar-refractivity contribution is 0.793. The summed E-state index contributed by atoms with van der Waals surface area (Å²) >= 11 is 6.93. The van der Waals surface area contributed by atoms with Gasteiger partial charge < -0.3 is 9.13 Å². The lowest BCUT2D eigenvalue weighted by Gasteiger charge is -2.30. The van der Waals surface area contributed by atoms with Crippen LogP contribution in [0.15, 0.2) is 200 Å². The smallest absolute Gasteiger partial charge is 0.0726 e. The molecule has 0 saturated heterocycles. The molecule has 270 valence electrons. The molecule has 0 bridgehead atoms. The summed E-state index contributed by atoms with van der Waals surface area (Å²) in [7, 11) is 0. The van der Waals surface area contributed by atoms with Crippen molar-refractivity contribution in [1.29, 1.82) is 0 Å². The van der Waals surface area contributed by atoms with E-state index in [1.807, 2.05) is 0 Å². The van der Waals surface area contributed by atoms with Crippen molar-refractivity contribution in [3.05, 3.63) is 227 Å². The molecular weight excluding hydrogens is 724 g/mol. The quantitative estimate of drug-likeness (QED) is 0.170. The van der Waals surface area contributed by atoms with Gasteiger partial charge in [0.2, 0.25) is 0 Å². The van der Waals surface area contributed by atoms with Gasteiger partial charge in [0.05, 0.1) is 33.2 Å². The molecule has 0 N–H and O–H groups in total. The fourth-order valence-corrected chi connectivity index (χ4v) is 10.9.